The molecular weight excluding hydrogens is 595 g/mol. The fourth-order valence-corrected chi connectivity index (χ4v) is 4.68. The zero-order valence-electron chi connectivity index (χ0n) is 19.2. The van der Waals surface area contributed by atoms with Crippen molar-refractivity contribution in [2.24, 2.45) is 0 Å². The van der Waals surface area contributed by atoms with Gasteiger partial charge in [-0.15, -0.1) is 0 Å². The van der Waals surface area contributed by atoms with E-state index in [-0.39, 0.29) is 30.0 Å². The number of amides is 2. The second-order valence-corrected chi connectivity index (χ2v) is 9.99. The van der Waals surface area contributed by atoms with E-state index in [0.717, 1.165) is 20.9 Å². The summed E-state index contributed by atoms with van der Waals surface area (Å²) in [6, 6.07) is 19.1. The van der Waals surface area contributed by atoms with Gasteiger partial charge in [-0.1, -0.05) is 30.3 Å². The fraction of sp³-hybridized carbons (Fsp3) is 0.154. The van der Waals surface area contributed by atoms with Gasteiger partial charge in [0.1, 0.15) is 6.61 Å². The molecule has 1 aliphatic rings. The molecule has 0 spiro atoms. The van der Waals surface area contributed by atoms with Crippen LogP contribution in [0.2, 0.25) is 0 Å². The van der Waals surface area contributed by atoms with Crippen molar-refractivity contribution in [3.63, 3.8) is 0 Å². The molecule has 1 fully saturated rings. The number of halogens is 1. The summed E-state index contributed by atoms with van der Waals surface area (Å²) in [5.41, 5.74) is 2.20. The minimum Gasteiger partial charge on any atom is -0.490 e. The van der Waals surface area contributed by atoms with E-state index in [2.05, 4.69) is 22.6 Å². The lowest BCUT2D eigenvalue weighted by Gasteiger charge is -2.13. The third-order valence-corrected chi connectivity index (χ3v) is 6.84. The van der Waals surface area contributed by atoms with E-state index in [0.29, 0.717) is 34.1 Å². The molecule has 10 heteroatoms. The molecule has 0 N–H and O–H groups in total. The van der Waals surface area contributed by atoms with Crippen LogP contribution in [-0.2, 0) is 17.9 Å². The lowest BCUT2D eigenvalue weighted by molar-refractivity contribution is -0.384. The SMILES string of the molecule is CCOc1cc(/C=C2/SC(=O)N(Cc3ccc(I)cc3)C2=O)ccc1OCc1cccc([N+](=O)[O-])c1. The number of non-ortho nitro benzene ring substituents is 1. The number of carbonyl (C=O) groups excluding carboxylic acids is 2. The smallest absolute Gasteiger partial charge is 0.293 e. The molecule has 1 aliphatic heterocycles. The molecule has 0 saturated carbocycles. The third kappa shape index (κ3) is 6.24. The maximum Gasteiger partial charge on any atom is 0.293 e. The van der Waals surface area contributed by atoms with Crippen LogP contribution in [0.4, 0.5) is 10.5 Å². The van der Waals surface area contributed by atoms with Gasteiger partial charge < -0.3 is 9.47 Å². The Morgan fingerprint density at radius 2 is 1.78 bits per heavy atom. The zero-order chi connectivity index (χ0) is 25.7. The van der Waals surface area contributed by atoms with Crippen molar-refractivity contribution in [3.8, 4) is 11.5 Å². The maximum atomic E-state index is 12.9. The topological polar surface area (TPSA) is 99.0 Å². The number of nitrogens with zero attached hydrogens (tertiary/aromatic N) is 2. The summed E-state index contributed by atoms with van der Waals surface area (Å²) in [6.07, 6.45) is 1.66. The van der Waals surface area contributed by atoms with E-state index >= 15 is 0 Å². The lowest BCUT2D eigenvalue weighted by atomic mass is 10.1. The monoisotopic (exact) mass is 616 g/mol. The summed E-state index contributed by atoms with van der Waals surface area (Å²) >= 11 is 3.11. The van der Waals surface area contributed by atoms with Gasteiger partial charge >= 0.3 is 0 Å². The van der Waals surface area contributed by atoms with Gasteiger partial charge in [-0.3, -0.25) is 24.6 Å². The normalized spacial score (nSPS) is 14.4. The predicted octanol–water partition coefficient (Wildman–Crippen LogP) is 6.41. The molecular formula is C26H21IN2O6S. The molecule has 0 atom stereocenters. The first kappa shape index (κ1) is 25.7. The quantitative estimate of drug-likeness (QED) is 0.119. The van der Waals surface area contributed by atoms with Gasteiger partial charge in [0.15, 0.2) is 11.5 Å². The van der Waals surface area contributed by atoms with Crippen molar-refractivity contribution in [1.82, 2.24) is 4.90 Å². The Hall–Kier alpha value is -3.38. The van der Waals surface area contributed by atoms with Gasteiger partial charge in [-0.25, -0.2) is 0 Å². The van der Waals surface area contributed by atoms with Crippen molar-refractivity contribution in [1.29, 1.82) is 0 Å². The third-order valence-electron chi connectivity index (χ3n) is 5.21. The van der Waals surface area contributed by atoms with Crippen LogP contribution in [0.1, 0.15) is 23.6 Å². The largest absolute Gasteiger partial charge is 0.490 e. The number of rotatable bonds is 9. The van der Waals surface area contributed by atoms with Gasteiger partial charge in [-0.2, -0.15) is 0 Å². The molecule has 184 valence electrons. The predicted molar refractivity (Wildman–Crippen MR) is 146 cm³/mol. The van der Waals surface area contributed by atoms with Crippen LogP contribution < -0.4 is 9.47 Å². The molecule has 0 bridgehead atoms. The summed E-state index contributed by atoms with van der Waals surface area (Å²) in [7, 11) is 0. The highest BCUT2D eigenvalue weighted by Gasteiger charge is 2.35. The summed E-state index contributed by atoms with van der Waals surface area (Å²) in [5.74, 6) is 0.592. The molecule has 3 aromatic carbocycles. The van der Waals surface area contributed by atoms with Crippen LogP contribution in [0.15, 0.2) is 71.6 Å². The van der Waals surface area contributed by atoms with Crippen LogP contribution in [0.5, 0.6) is 11.5 Å². The number of ether oxygens (including phenoxy) is 2. The van der Waals surface area contributed by atoms with Gasteiger partial charge in [0.25, 0.3) is 16.8 Å². The van der Waals surface area contributed by atoms with Crippen molar-refractivity contribution in [3.05, 3.63) is 102 Å². The van der Waals surface area contributed by atoms with Crippen LogP contribution in [0, 0.1) is 13.7 Å². The van der Waals surface area contributed by atoms with Gasteiger partial charge in [0, 0.05) is 15.7 Å². The summed E-state index contributed by atoms with van der Waals surface area (Å²) in [4.78, 5) is 37.5. The summed E-state index contributed by atoms with van der Waals surface area (Å²) < 4.78 is 12.7. The van der Waals surface area contributed by atoms with Crippen LogP contribution in [0.3, 0.4) is 0 Å². The molecule has 36 heavy (non-hydrogen) atoms. The molecule has 2 amide bonds. The van der Waals surface area contributed by atoms with E-state index in [4.69, 9.17) is 9.47 Å². The van der Waals surface area contributed by atoms with Crippen molar-refractivity contribution >= 4 is 57.3 Å². The molecule has 0 radical (unpaired) electrons. The molecule has 0 aromatic heterocycles. The van der Waals surface area contributed by atoms with Crippen LogP contribution in [-0.4, -0.2) is 27.6 Å². The lowest BCUT2D eigenvalue weighted by Crippen LogP contribution is -2.27. The van der Waals surface area contributed by atoms with Gasteiger partial charge in [-0.05, 0) is 88.3 Å². The first-order valence-corrected chi connectivity index (χ1v) is 12.9. The van der Waals surface area contributed by atoms with E-state index in [1.165, 1.54) is 17.0 Å². The van der Waals surface area contributed by atoms with Crippen LogP contribution in [0.25, 0.3) is 6.08 Å². The highest BCUT2D eigenvalue weighted by atomic mass is 127. The second-order valence-electron chi connectivity index (χ2n) is 7.75. The van der Waals surface area contributed by atoms with Crippen molar-refractivity contribution in [2.45, 2.75) is 20.1 Å². The molecule has 0 aliphatic carbocycles. The first-order valence-electron chi connectivity index (χ1n) is 11.0. The number of benzene rings is 3. The number of imide groups is 1. The second kappa shape index (κ2) is 11.6. The fourth-order valence-electron chi connectivity index (χ4n) is 3.48. The number of hydrogen-bond acceptors (Lipinski definition) is 7. The molecule has 3 aromatic rings. The van der Waals surface area contributed by atoms with Crippen LogP contribution >= 0.6 is 34.4 Å². The summed E-state index contributed by atoms with van der Waals surface area (Å²) in [6.45, 7) is 2.57. The number of nitro groups is 1. The Balaban J connectivity index is 1.49. The van der Waals surface area contributed by atoms with E-state index in [1.54, 1.807) is 36.4 Å². The average Bonchev–Trinajstić information content (AvgIpc) is 3.12. The number of thioether (sulfide) groups is 1. The Labute approximate surface area is 225 Å². The first-order chi connectivity index (χ1) is 17.3. The van der Waals surface area contributed by atoms with E-state index in [9.17, 15) is 19.7 Å². The number of nitro benzene ring substituents is 1. The Kier molecular flexibility index (Phi) is 8.26. The zero-order valence-corrected chi connectivity index (χ0v) is 22.2. The highest BCUT2D eigenvalue weighted by molar-refractivity contribution is 14.1. The molecule has 1 saturated heterocycles. The van der Waals surface area contributed by atoms with E-state index < -0.39 is 4.92 Å². The number of carbonyl (C=O) groups is 2. The van der Waals surface area contributed by atoms with Crippen molar-refractivity contribution in [2.75, 3.05) is 6.61 Å². The average molecular weight is 616 g/mol. The van der Waals surface area contributed by atoms with Crippen molar-refractivity contribution < 1.29 is 24.0 Å². The Bertz CT molecular complexity index is 1340. The van der Waals surface area contributed by atoms with Gasteiger partial charge in [0.05, 0.1) is 23.0 Å². The molecule has 0 unspecified atom stereocenters. The maximum absolute atomic E-state index is 12.9. The van der Waals surface area contributed by atoms with Gasteiger partial charge in [0.2, 0.25) is 0 Å². The van der Waals surface area contributed by atoms with E-state index in [1.807, 2.05) is 31.2 Å². The molecule has 1 heterocycles. The highest BCUT2D eigenvalue weighted by Crippen LogP contribution is 2.35. The summed E-state index contributed by atoms with van der Waals surface area (Å²) in [5, 5.41) is 10.7. The number of hydrogen-bond donors (Lipinski definition) is 0. The Morgan fingerprint density at radius 3 is 2.50 bits per heavy atom. The molecule has 4 rings (SSSR count). The standard InChI is InChI=1S/C26H21IN2O6S/c1-2-34-23-13-18(8-11-22(23)35-16-19-4-3-5-21(12-19)29(32)33)14-24-25(30)28(26(31)36-24)15-17-6-9-20(27)10-7-17/h3-14H,2,15-16H2,1H3/b24-14+. The minimum atomic E-state index is -0.452. The minimum absolute atomic E-state index is 0.00700. The molecule has 8 nitrogen and oxygen atoms in total. The Morgan fingerprint density at radius 1 is 1.00 bits per heavy atom.